The van der Waals surface area contributed by atoms with E-state index in [1.54, 1.807) is 5.38 Å². The highest BCUT2D eigenvalue weighted by Crippen LogP contribution is 2.44. The number of benzene rings is 2. The van der Waals surface area contributed by atoms with Crippen molar-refractivity contribution < 1.29 is 24.2 Å². The molecule has 8 nitrogen and oxygen atoms in total. The van der Waals surface area contributed by atoms with E-state index < -0.39 is 12.1 Å². The zero-order chi connectivity index (χ0) is 23.7. The Morgan fingerprint density at radius 1 is 1.06 bits per heavy atom. The van der Waals surface area contributed by atoms with Crippen LogP contribution >= 0.6 is 11.3 Å². The Bertz CT molecular complexity index is 1210. The van der Waals surface area contributed by atoms with Gasteiger partial charge >= 0.3 is 12.1 Å². The first kappa shape index (κ1) is 22.1. The quantitative estimate of drug-likeness (QED) is 0.453. The fourth-order valence-electron chi connectivity index (χ4n) is 4.41. The Hall–Kier alpha value is -3.72. The van der Waals surface area contributed by atoms with Gasteiger partial charge in [0.05, 0.1) is 18.0 Å². The van der Waals surface area contributed by atoms with Gasteiger partial charge in [0.1, 0.15) is 6.61 Å². The number of carbonyl (C=O) groups excluding carboxylic acids is 2. The van der Waals surface area contributed by atoms with Crippen molar-refractivity contribution in [3.63, 3.8) is 0 Å². The molecule has 3 aromatic rings. The topological polar surface area (TPSA) is 118 Å². The first-order valence-corrected chi connectivity index (χ1v) is 11.9. The second kappa shape index (κ2) is 9.26. The molecule has 2 aromatic carbocycles. The number of thiazole rings is 1. The SMILES string of the molecule is O=C(Cc1csc(NC(=O)OCC2c3ccccc3-c3ccccc32)n1)NCC1CC1C(=O)O. The Balaban J connectivity index is 1.12. The fraction of sp³-hybridized carbons (Fsp3) is 0.280. The van der Waals surface area contributed by atoms with Crippen LogP contribution in [0.4, 0.5) is 9.93 Å². The molecule has 174 valence electrons. The third kappa shape index (κ3) is 4.65. The van der Waals surface area contributed by atoms with Crippen LogP contribution < -0.4 is 10.6 Å². The fourth-order valence-corrected chi connectivity index (χ4v) is 5.11. The lowest BCUT2D eigenvalue weighted by molar-refractivity contribution is -0.139. The van der Waals surface area contributed by atoms with Crippen molar-refractivity contribution in [3.05, 3.63) is 70.7 Å². The maximum Gasteiger partial charge on any atom is 0.413 e. The molecule has 0 saturated heterocycles. The van der Waals surface area contributed by atoms with E-state index in [1.165, 1.54) is 11.3 Å². The number of aliphatic carboxylic acids is 1. The number of carbonyl (C=O) groups is 3. The number of anilines is 1. The van der Waals surface area contributed by atoms with Crippen molar-refractivity contribution in [3.8, 4) is 11.1 Å². The van der Waals surface area contributed by atoms with E-state index in [2.05, 4.69) is 39.9 Å². The van der Waals surface area contributed by atoms with Gasteiger partial charge in [0.2, 0.25) is 5.91 Å². The summed E-state index contributed by atoms with van der Waals surface area (Å²) in [7, 11) is 0. The molecule has 1 fully saturated rings. The molecular weight excluding hydrogens is 454 g/mol. The van der Waals surface area contributed by atoms with Crippen LogP contribution in [0, 0.1) is 11.8 Å². The number of aromatic nitrogens is 1. The van der Waals surface area contributed by atoms with Crippen LogP contribution in [0.5, 0.6) is 0 Å². The van der Waals surface area contributed by atoms with Gasteiger partial charge in [-0.15, -0.1) is 11.3 Å². The third-order valence-corrected chi connectivity index (χ3v) is 7.05. The number of fused-ring (bicyclic) bond motifs is 3. The summed E-state index contributed by atoms with van der Waals surface area (Å²) >= 11 is 1.22. The maximum absolute atomic E-state index is 12.4. The maximum atomic E-state index is 12.4. The van der Waals surface area contributed by atoms with Crippen LogP contribution in [-0.4, -0.2) is 41.2 Å². The molecule has 0 bridgehead atoms. The smallest absolute Gasteiger partial charge is 0.413 e. The average molecular weight is 478 g/mol. The second-order valence-corrected chi connectivity index (χ2v) is 9.37. The Morgan fingerprint density at radius 2 is 1.74 bits per heavy atom. The Morgan fingerprint density at radius 3 is 2.38 bits per heavy atom. The number of carboxylic acid groups (broad SMARTS) is 1. The van der Waals surface area contributed by atoms with E-state index in [-0.39, 0.29) is 36.7 Å². The van der Waals surface area contributed by atoms with Crippen molar-refractivity contribution in [2.45, 2.75) is 18.8 Å². The van der Waals surface area contributed by atoms with Crippen molar-refractivity contribution in [1.29, 1.82) is 0 Å². The van der Waals surface area contributed by atoms with Crippen molar-refractivity contribution in [2.75, 3.05) is 18.5 Å². The first-order chi connectivity index (χ1) is 16.5. The van der Waals surface area contributed by atoms with Crippen LogP contribution in [0.25, 0.3) is 11.1 Å². The van der Waals surface area contributed by atoms with Gasteiger partial charge in [-0.2, -0.15) is 0 Å². The molecule has 9 heteroatoms. The summed E-state index contributed by atoms with van der Waals surface area (Å²) in [6.45, 7) is 0.559. The third-order valence-electron chi connectivity index (χ3n) is 6.25. The summed E-state index contributed by atoms with van der Waals surface area (Å²) in [6.07, 6.45) is 0.0640. The number of carboxylic acids is 1. The van der Waals surface area contributed by atoms with Crippen LogP contribution in [0.1, 0.15) is 29.2 Å². The molecule has 0 aliphatic heterocycles. The summed E-state index contributed by atoms with van der Waals surface area (Å²) in [5.41, 5.74) is 5.13. The molecule has 2 unspecified atom stereocenters. The summed E-state index contributed by atoms with van der Waals surface area (Å²) in [4.78, 5) is 39.6. The van der Waals surface area contributed by atoms with Crippen molar-refractivity contribution >= 4 is 34.4 Å². The first-order valence-electron chi connectivity index (χ1n) is 11.1. The molecule has 1 aromatic heterocycles. The van der Waals surface area contributed by atoms with Gasteiger partial charge in [-0.05, 0) is 34.6 Å². The lowest BCUT2D eigenvalue weighted by Gasteiger charge is -2.14. The summed E-state index contributed by atoms with van der Waals surface area (Å²) < 4.78 is 5.52. The molecule has 1 heterocycles. The Kier molecular flexibility index (Phi) is 6.02. The zero-order valence-electron chi connectivity index (χ0n) is 18.2. The minimum atomic E-state index is -0.817. The van der Waals surface area contributed by atoms with Crippen LogP contribution in [0.2, 0.25) is 0 Å². The lowest BCUT2D eigenvalue weighted by Crippen LogP contribution is -2.28. The highest BCUT2D eigenvalue weighted by atomic mass is 32.1. The van der Waals surface area contributed by atoms with Gasteiger partial charge < -0.3 is 15.2 Å². The van der Waals surface area contributed by atoms with Gasteiger partial charge in [-0.25, -0.2) is 9.78 Å². The summed E-state index contributed by atoms with van der Waals surface area (Å²) in [6, 6.07) is 16.3. The predicted molar refractivity (Wildman–Crippen MR) is 127 cm³/mol. The van der Waals surface area contributed by atoms with Crippen LogP contribution in [0.15, 0.2) is 53.9 Å². The van der Waals surface area contributed by atoms with E-state index >= 15 is 0 Å². The molecule has 3 N–H and O–H groups in total. The second-order valence-electron chi connectivity index (χ2n) is 8.52. The molecule has 5 rings (SSSR count). The number of ether oxygens (including phenoxy) is 1. The van der Waals surface area contributed by atoms with E-state index in [9.17, 15) is 14.4 Å². The van der Waals surface area contributed by atoms with Crippen LogP contribution in [0.3, 0.4) is 0 Å². The number of amides is 2. The van der Waals surface area contributed by atoms with Gasteiger partial charge in [0, 0.05) is 17.8 Å². The molecule has 1 saturated carbocycles. The zero-order valence-corrected chi connectivity index (χ0v) is 19.0. The number of nitrogens with zero attached hydrogens (tertiary/aromatic N) is 1. The predicted octanol–water partition coefficient (Wildman–Crippen LogP) is 3.88. The van der Waals surface area contributed by atoms with Gasteiger partial charge in [0.15, 0.2) is 5.13 Å². The highest BCUT2D eigenvalue weighted by Gasteiger charge is 2.43. The minimum Gasteiger partial charge on any atom is -0.481 e. The normalized spacial score (nSPS) is 18.0. The molecule has 2 aliphatic rings. The summed E-state index contributed by atoms with van der Waals surface area (Å²) in [5, 5.41) is 16.4. The van der Waals surface area contributed by atoms with Crippen LogP contribution in [-0.2, 0) is 20.7 Å². The number of hydrogen-bond acceptors (Lipinski definition) is 6. The monoisotopic (exact) mass is 477 g/mol. The molecule has 2 aliphatic carbocycles. The molecule has 0 radical (unpaired) electrons. The van der Waals surface area contributed by atoms with Gasteiger partial charge in [0.25, 0.3) is 0 Å². The highest BCUT2D eigenvalue weighted by molar-refractivity contribution is 7.13. The largest absolute Gasteiger partial charge is 0.481 e. The van der Waals surface area contributed by atoms with E-state index in [1.807, 2.05) is 24.3 Å². The number of hydrogen-bond donors (Lipinski definition) is 3. The number of nitrogens with one attached hydrogen (secondary N) is 2. The molecule has 34 heavy (non-hydrogen) atoms. The van der Waals surface area contributed by atoms with Crippen molar-refractivity contribution in [1.82, 2.24) is 10.3 Å². The van der Waals surface area contributed by atoms with E-state index in [4.69, 9.17) is 9.84 Å². The molecular formula is C25H23N3O5S. The molecule has 2 atom stereocenters. The van der Waals surface area contributed by atoms with Crippen molar-refractivity contribution in [2.24, 2.45) is 11.8 Å². The van der Waals surface area contributed by atoms with E-state index in [0.29, 0.717) is 23.8 Å². The van der Waals surface area contributed by atoms with Gasteiger partial charge in [-0.3, -0.25) is 14.9 Å². The standard InChI is InChI=1S/C25H23N3O5S/c29-22(26-11-14-9-20(14)23(30)31)10-15-13-34-24(27-15)28-25(32)33-12-21-18-7-3-1-5-16(18)17-6-2-4-8-19(17)21/h1-8,13-14,20-21H,9-12H2,(H,26,29)(H,30,31)(H,27,28,32). The summed E-state index contributed by atoms with van der Waals surface area (Å²) in [5.74, 6) is -1.42. The van der Waals surface area contributed by atoms with E-state index in [0.717, 1.165) is 22.3 Å². The molecule has 2 amide bonds. The number of rotatable bonds is 8. The average Bonchev–Trinajstić information content (AvgIpc) is 3.39. The Labute approximate surface area is 200 Å². The lowest BCUT2D eigenvalue weighted by atomic mass is 9.98. The molecule has 0 spiro atoms. The minimum absolute atomic E-state index is 0.00248. The van der Waals surface area contributed by atoms with Gasteiger partial charge in [-0.1, -0.05) is 48.5 Å².